The van der Waals surface area contributed by atoms with Crippen molar-refractivity contribution in [2.45, 2.75) is 32.7 Å². The number of benzene rings is 1. The van der Waals surface area contributed by atoms with Crippen LogP contribution in [0.3, 0.4) is 0 Å². The van der Waals surface area contributed by atoms with Crippen molar-refractivity contribution >= 4 is 0 Å². The summed E-state index contributed by atoms with van der Waals surface area (Å²) in [6.07, 6.45) is 2.94. The number of furan rings is 1. The Hall–Kier alpha value is -1.54. The molecule has 0 radical (unpaired) electrons. The van der Waals surface area contributed by atoms with Crippen molar-refractivity contribution in [3.8, 4) is 0 Å². The van der Waals surface area contributed by atoms with Gasteiger partial charge in [0.2, 0.25) is 0 Å². The summed E-state index contributed by atoms with van der Waals surface area (Å²) in [5, 5.41) is 2.38. The molecule has 0 saturated heterocycles. The highest BCUT2D eigenvalue weighted by Crippen LogP contribution is 2.27. The normalized spacial score (nSPS) is 12.8. The molecule has 1 heterocycles. The molecule has 1 atom stereocenters. The van der Waals surface area contributed by atoms with Gasteiger partial charge in [-0.1, -0.05) is 44.2 Å². The van der Waals surface area contributed by atoms with Crippen LogP contribution in [0.15, 0.2) is 53.1 Å². The highest BCUT2D eigenvalue weighted by atomic mass is 16.3. The summed E-state index contributed by atoms with van der Waals surface area (Å²) in [5.74, 6) is 2.28. The van der Waals surface area contributed by atoms with Gasteiger partial charge in [-0.3, -0.25) is 0 Å². The lowest BCUT2D eigenvalue weighted by Gasteiger charge is -2.17. The zero-order valence-corrected chi connectivity index (χ0v) is 11.9. The summed E-state index contributed by atoms with van der Waals surface area (Å²) in [7, 11) is 0. The van der Waals surface area contributed by atoms with Gasteiger partial charge in [-0.15, -0.1) is 0 Å². The number of hydrogen-bond acceptors (Lipinski definition) is 1. The molecular formula is C17H24NO+. The predicted octanol–water partition coefficient (Wildman–Crippen LogP) is 3.17. The van der Waals surface area contributed by atoms with Crippen molar-refractivity contribution in [1.82, 2.24) is 0 Å². The van der Waals surface area contributed by atoms with Gasteiger partial charge in [0.25, 0.3) is 0 Å². The Labute approximate surface area is 115 Å². The van der Waals surface area contributed by atoms with Gasteiger partial charge in [-0.2, -0.15) is 0 Å². The Kier molecular flexibility index (Phi) is 5.22. The van der Waals surface area contributed by atoms with Crippen LogP contribution in [-0.4, -0.2) is 6.54 Å². The number of rotatable bonds is 7. The number of nitrogens with two attached hydrogens (primary N) is 1. The van der Waals surface area contributed by atoms with Crippen LogP contribution in [0.2, 0.25) is 0 Å². The first-order valence-electron chi connectivity index (χ1n) is 7.16. The molecule has 2 nitrogen and oxygen atoms in total. The number of hydrogen-bond donors (Lipinski definition) is 1. The van der Waals surface area contributed by atoms with Crippen molar-refractivity contribution in [2.24, 2.45) is 5.92 Å². The summed E-state index contributed by atoms with van der Waals surface area (Å²) in [6.45, 7) is 6.73. The van der Waals surface area contributed by atoms with E-state index in [2.05, 4.69) is 55.6 Å². The average Bonchev–Trinajstić information content (AvgIpc) is 2.93. The average molecular weight is 258 g/mol. The van der Waals surface area contributed by atoms with Crippen LogP contribution in [0.25, 0.3) is 0 Å². The summed E-state index contributed by atoms with van der Waals surface area (Å²) >= 11 is 0. The zero-order chi connectivity index (χ0) is 13.5. The van der Waals surface area contributed by atoms with Gasteiger partial charge in [0.05, 0.1) is 12.8 Å². The molecule has 0 fully saturated rings. The molecule has 0 saturated carbocycles. The van der Waals surface area contributed by atoms with E-state index in [1.54, 1.807) is 6.26 Å². The zero-order valence-electron chi connectivity index (χ0n) is 11.9. The van der Waals surface area contributed by atoms with Crippen molar-refractivity contribution in [3.05, 3.63) is 60.1 Å². The Morgan fingerprint density at radius 3 is 2.47 bits per heavy atom. The fourth-order valence-corrected chi connectivity index (χ4v) is 2.49. The van der Waals surface area contributed by atoms with Crippen LogP contribution < -0.4 is 5.32 Å². The van der Waals surface area contributed by atoms with E-state index in [1.807, 2.05) is 6.07 Å². The SMILES string of the molecule is CC(C)[C@H](CC[NH2+]Cc1ccccc1)c1ccco1. The second-order valence-electron chi connectivity index (χ2n) is 5.42. The van der Waals surface area contributed by atoms with E-state index in [9.17, 15) is 0 Å². The molecule has 1 aromatic carbocycles. The third-order valence-electron chi connectivity index (χ3n) is 3.62. The highest BCUT2D eigenvalue weighted by molar-refractivity contribution is 5.13. The maximum atomic E-state index is 5.56. The molecule has 0 amide bonds. The highest BCUT2D eigenvalue weighted by Gasteiger charge is 2.18. The smallest absolute Gasteiger partial charge is 0.107 e. The molecule has 0 unspecified atom stereocenters. The minimum Gasteiger partial charge on any atom is -0.469 e. The van der Waals surface area contributed by atoms with E-state index < -0.39 is 0 Å². The van der Waals surface area contributed by atoms with E-state index in [4.69, 9.17) is 4.42 Å². The molecule has 102 valence electrons. The predicted molar refractivity (Wildman–Crippen MR) is 77.8 cm³/mol. The minimum absolute atomic E-state index is 0.530. The second-order valence-corrected chi connectivity index (χ2v) is 5.42. The molecule has 0 aliphatic heterocycles. The maximum absolute atomic E-state index is 5.56. The topological polar surface area (TPSA) is 29.8 Å². The first-order valence-corrected chi connectivity index (χ1v) is 7.16. The van der Waals surface area contributed by atoms with Gasteiger partial charge in [0, 0.05) is 17.9 Å². The van der Waals surface area contributed by atoms with E-state index in [0.717, 1.165) is 25.3 Å². The van der Waals surface area contributed by atoms with E-state index in [-0.39, 0.29) is 0 Å². The van der Waals surface area contributed by atoms with Crippen LogP contribution in [0, 0.1) is 5.92 Å². The molecule has 0 aliphatic rings. The molecular weight excluding hydrogens is 234 g/mol. The lowest BCUT2D eigenvalue weighted by molar-refractivity contribution is -0.671. The first-order chi connectivity index (χ1) is 9.27. The lowest BCUT2D eigenvalue weighted by Crippen LogP contribution is -2.82. The minimum atomic E-state index is 0.530. The molecule has 2 rings (SSSR count). The third-order valence-corrected chi connectivity index (χ3v) is 3.62. The molecule has 0 spiro atoms. The van der Waals surface area contributed by atoms with Crippen LogP contribution >= 0.6 is 0 Å². The third kappa shape index (κ3) is 4.25. The van der Waals surface area contributed by atoms with Crippen molar-refractivity contribution in [1.29, 1.82) is 0 Å². The summed E-state index contributed by atoms with van der Waals surface area (Å²) in [6, 6.07) is 14.7. The Morgan fingerprint density at radius 2 is 1.84 bits per heavy atom. The molecule has 2 N–H and O–H groups in total. The maximum Gasteiger partial charge on any atom is 0.107 e. The summed E-state index contributed by atoms with van der Waals surface area (Å²) in [5.41, 5.74) is 1.39. The van der Waals surface area contributed by atoms with Crippen molar-refractivity contribution in [2.75, 3.05) is 6.54 Å². The summed E-state index contributed by atoms with van der Waals surface area (Å²) in [4.78, 5) is 0. The second kappa shape index (κ2) is 7.15. The van der Waals surface area contributed by atoms with Crippen molar-refractivity contribution < 1.29 is 9.73 Å². The molecule has 0 bridgehead atoms. The fraction of sp³-hybridized carbons (Fsp3) is 0.412. The van der Waals surface area contributed by atoms with Gasteiger partial charge in [-0.05, 0) is 18.1 Å². The fourth-order valence-electron chi connectivity index (χ4n) is 2.49. The summed E-state index contributed by atoms with van der Waals surface area (Å²) < 4.78 is 5.56. The van der Waals surface area contributed by atoms with E-state index >= 15 is 0 Å². The largest absolute Gasteiger partial charge is 0.469 e. The van der Waals surface area contributed by atoms with Crippen LogP contribution in [-0.2, 0) is 6.54 Å². The van der Waals surface area contributed by atoms with Gasteiger partial charge >= 0.3 is 0 Å². The Morgan fingerprint density at radius 1 is 1.05 bits per heavy atom. The Bertz CT molecular complexity index is 447. The lowest BCUT2D eigenvalue weighted by atomic mass is 9.90. The molecule has 19 heavy (non-hydrogen) atoms. The van der Waals surface area contributed by atoms with E-state index in [0.29, 0.717) is 11.8 Å². The Balaban J connectivity index is 1.77. The molecule has 1 aromatic heterocycles. The van der Waals surface area contributed by atoms with Crippen LogP contribution in [0.5, 0.6) is 0 Å². The van der Waals surface area contributed by atoms with Crippen molar-refractivity contribution in [3.63, 3.8) is 0 Å². The monoisotopic (exact) mass is 258 g/mol. The number of quaternary nitrogens is 1. The van der Waals surface area contributed by atoms with Gasteiger partial charge in [0.15, 0.2) is 0 Å². The van der Waals surface area contributed by atoms with Gasteiger partial charge in [0.1, 0.15) is 12.3 Å². The quantitative estimate of drug-likeness (QED) is 0.760. The van der Waals surface area contributed by atoms with Gasteiger partial charge in [-0.25, -0.2) is 0 Å². The first kappa shape index (κ1) is 13.9. The molecule has 2 aromatic rings. The standard InChI is InChI=1S/C17H23NO/c1-14(2)16(17-9-6-12-19-17)10-11-18-13-15-7-4-3-5-8-15/h3-9,12,14,16,18H,10-11,13H2,1-2H3/p+1/t16-/m0/s1. The van der Waals surface area contributed by atoms with Crippen LogP contribution in [0.4, 0.5) is 0 Å². The van der Waals surface area contributed by atoms with Gasteiger partial charge < -0.3 is 9.73 Å². The molecule has 2 heteroatoms. The van der Waals surface area contributed by atoms with Crippen LogP contribution in [0.1, 0.15) is 37.5 Å². The van der Waals surface area contributed by atoms with E-state index in [1.165, 1.54) is 5.56 Å². The molecule has 0 aliphatic carbocycles.